The first-order valence-electron chi connectivity index (χ1n) is 7.72. The van der Waals surface area contributed by atoms with Gasteiger partial charge >= 0.3 is 6.18 Å². The monoisotopic (exact) mass is 387 g/mol. The predicted molar refractivity (Wildman–Crippen MR) is 89.6 cm³/mol. The smallest absolute Gasteiger partial charge is 0.416 e. The van der Waals surface area contributed by atoms with E-state index in [1.807, 2.05) is 0 Å². The SMILES string of the molecule is O[C@@H]1[C@@H](O)[C@H](Oc2ccc(-c3ccc(C(F)(F)F)cc3)nc2)SC[C@H]1O. The minimum absolute atomic E-state index is 0.222. The summed E-state index contributed by atoms with van der Waals surface area (Å²) in [6.07, 6.45) is -6.56. The van der Waals surface area contributed by atoms with Crippen LogP contribution in [0.3, 0.4) is 0 Å². The molecule has 1 aliphatic heterocycles. The molecule has 0 unspecified atom stereocenters. The van der Waals surface area contributed by atoms with Gasteiger partial charge in [0.15, 0.2) is 5.44 Å². The molecule has 3 N–H and O–H groups in total. The molecule has 1 saturated heterocycles. The summed E-state index contributed by atoms with van der Waals surface area (Å²) in [6.45, 7) is 0. The molecule has 4 atom stereocenters. The van der Waals surface area contributed by atoms with Crippen LogP contribution >= 0.6 is 11.8 Å². The average Bonchev–Trinajstić information content (AvgIpc) is 2.62. The molecule has 5 nitrogen and oxygen atoms in total. The summed E-state index contributed by atoms with van der Waals surface area (Å²) in [5, 5.41) is 29.1. The molecule has 0 aliphatic carbocycles. The molecule has 0 amide bonds. The summed E-state index contributed by atoms with van der Waals surface area (Å²) in [6, 6.07) is 7.81. The van der Waals surface area contributed by atoms with Crippen molar-refractivity contribution in [2.45, 2.75) is 29.9 Å². The molecule has 0 saturated carbocycles. The maximum Gasteiger partial charge on any atom is 0.416 e. The lowest BCUT2D eigenvalue weighted by atomic mass is 10.1. The number of nitrogens with zero attached hydrogens (tertiary/aromatic N) is 1. The molecule has 26 heavy (non-hydrogen) atoms. The van der Waals surface area contributed by atoms with E-state index in [2.05, 4.69) is 4.98 Å². The number of alkyl halides is 3. The third kappa shape index (κ3) is 4.12. The number of benzene rings is 1. The minimum atomic E-state index is -4.39. The van der Waals surface area contributed by atoms with Gasteiger partial charge in [-0.2, -0.15) is 13.2 Å². The lowest BCUT2D eigenvalue weighted by Gasteiger charge is -2.34. The van der Waals surface area contributed by atoms with Crippen molar-refractivity contribution in [3.8, 4) is 17.0 Å². The molecule has 1 aromatic carbocycles. The maximum absolute atomic E-state index is 12.6. The Bertz CT molecular complexity index is 739. The summed E-state index contributed by atoms with van der Waals surface area (Å²) >= 11 is 1.17. The van der Waals surface area contributed by atoms with Gasteiger partial charge in [-0.1, -0.05) is 12.1 Å². The first kappa shape index (κ1) is 19.0. The molecule has 1 aromatic heterocycles. The van der Waals surface area contributed by atoms with Gasteiger partial charge in [-0.15, -0.1) is 11.8 Å². The molecule has 2 heterocycles. The Kier molecular flexibility index (Phi) is 5.42. The van der Waals surface area contributed by atoms with Gasteiger partial charge in [-0.05, 0) is 24.3 Å². The van der Waals surface area contributed by atoms with E-state index >= 15 is 0 Å². The number of pyridine rings is 1. The second-order valence-electron chi connectivity index (χ2n) is 5.82. The van der Waals surface area contributed by atoms with Crippen molar-refractivity contribution in [1.29, 1.82) is 0 Å². The Labute approximate surface area is 151 Å². The number of halogens is 3. The molecule has 3 rings (SSSR count). The second kappa shape index (κ2) is 7.43. The van der Waals surface area contributed by atoms with E-state index in [1.165, 1.54) is 30.1 Å². The van der Waals surface area contributed by atoms with E-state index in [1.54, 1.807) is 12.1 Å². The topological polar surface area (TPSA) is 82.8 Å². The molecule has 0 bridgehead atoms. The highest BCUT2D eigenvalue weighted by Gasteiger charge is 2.38. The highest BCUT2D eigenvalue weighted by Crippen LogP contribution is 2.32. The Morgan fingerprint density at radius 3 is 2.27 bits per heavy atom. The van der Waals surface area contributed by atoms with Crippen LogP contribution in [0.4, 0.5) is 13.2 Å². The van der Waals surface area contributed by atoms with Gasteiger partial charge in [-0.3, -0.25) is 4.98 Å². The van der Waals surface area contributed by atoms with Gasteiger partial charge in [-0.25, -0.2) is 0 Å². The maximum atomic E-state index is 12.6. The van der Waals surface area contributed by atoms with Crippen LogP contribution in [0.5, 0.6) is 5.75 Å². The first-order valence-corrected chi connectivity index (χ1v) is 8.77. The number of aliphatic hydroxyl groups excluding tert-OH is 3. The van der Waals surface area contributed by atoms with Crippen molar-refractivity contribution >= 4 is 11.8 Å². The number of aromatic nitrogens is 1. The lowest BCUT2D eigenvalue weighted by molar-refractivity contribution is -0.137. The largest absolute Gasteiger partial charge is 0.475 e. The van der Waals surface area contributed by atoms with E-state index < -0.39 is 35.5 Å². The number of hydrogen-bond acceptors (Lipinski definition) is 6. The Balaban J connectivity index is 1.69. The van der Waals surface area contributed by atoms with Crippen LogP contribution in [0.25, 0.3) is 11.3 Å². The van der Waals surface area contributed by atoms with Crippen LogP contribution in [0, 0.1) is 0 Å². The number of hydrogen-bond donors (Lipinski definition) is 3. The number of thioether (sulfide) groups is 1. The van der Waals surface area contributed by atoms with E-state index in [9.17, 15) is 28.5 Å². The second-order valence-corrected chi connectivity index (χ2v) is 6.95. The highest BCUT2D eigenvalue weighted by molar-refractivity contribution is 7.99. The van der Waals surface area contributed by atoms with Gasteiger partial charge in [0, 0.05) is 11.3 Å². The van der Waals surface area contributed by atoms with Crippen LogP contribution in [0.2, 0.25) is 0 Å². The van der Waals surface area contributed by atoms with Crippen LogP contribution < -0.4 is 4.74 Å². The molecular weight excluding hydrogens is 371 g/mol. The van der Waals surface area contributed by atoms with Crippen LogP contribution in [0.1, 0.15) is 5.56 Å². The van der Waals surface area contributed by atoms with Crippen molar-refractivity contribution < 1.29 is 33.2 Å². The molecular formula is C17H16F3NO4S. The average molecular weight is 387 g/mol. The van der Waals surface area contributed by atoms with Crippen molar-refractivity contribution in [3.63, 3.8) is 0 Å². The fourth-order valence-corrected chi connectivity index (χ4v) is 3.59. The van der Waals surface area contributed by atoms with Gasteiger partial charge in [0.25, 0.3) is 0 Å². The zero-order valence-corrected chi connectivity index (χ0v) is 14.1. The number of ether oxygens (including phenoxy) is 1. The van der Waals surface area contributed by atoms with E-state index in [0.717, 1.165) is 12.1 Å². The molecule has 140 valence electrons. The van der Waals surface area contributed by atoms with Gasteiger partial charge in [0.1, 0.15) is 18.0 Å². The van der Waals surface area contributed by atoms with Crippen LogP contribution in [-0.2, 0) is 6.18 Å². The molecule has 9 heteroatoms. The van der Waals surface area contributed by atoms with Crippen molar-refractivity contribution in [3.05, 3.63) is 48.2 Å². The van der Waals surface area contributed by atoms with E-state index in [0.29, 0.717) is 17.0 Å². The summed E-state index contributed by atoms with van der Waals surface area (Å²) in [5.74, 6) is 0.556. The zero-order valence-electron chi connectivity index (χ0n) is 13.3. The quantitative estimate of drug-likeness (QED) is 0.750. The standard InChI is InChI=1S/C17H16F3NO4S/c18-17(19,20)10-3-1-9(2-4-10)12-6-5-11(7-21-12)25-16-15(24)14(23)13(22)8-26-16/h1-7,13-16,22-24H,8H2/t13-,14+,15-,16-/m1/s1. The summed E-state index contributed by atoms with van der Waals surface area (Å²) in [7, 11) is 0. The molecule has 2 aromatic rings. The third-order valence-corrected chi connectivity index (χ3v) is 5.19. The fourth-order valence-electron chi connectivity index (χ4n) is 2.47. The van der Waals surface area contributed by atoms with Gasteiger partial charge in [0.05, 0.1) is 23.6 Å². The molecule has 0 spiro atoms. The first-order chi connectivity index (χ1) is 12.3. The highest BCUT2D eigenvalue weighted by atomic mass is 32.2. The minimum Gasteiger partial charge on any atom is -0.475 e. The number of rotatable bonds is 3. The fraction of sp³-hybridized carbons (Fsp3) is 0.353. The van der Waals surface area contributed by atoms with Crippen molar-refractivity contribution in [2.75, 3.05) is 5.75 Å². The predicted octanol–water partition coefficient (Wildman–Crippen LogP) is 2.30. The summed E-state index contributed by atoms with van der Waals surface area (Å²) in [5.41, 5.74) is -0.495. The van der Waals surface area contributed by atoms with E-state index in [4.69, 9.17) is 4.74 Å². The molecule has 0 radical (unpaired) electrons. The van der Waals surface area contributed by atoms with Crippen LogP contribution in [0.15, 0.2) is 42.6 Å². The number of aliphatic hydroxyl groups is 3. The Morgan fingerprint density at radius 1 is 1.00 bits per heavy atom. The lowest BCUT2D eigenvalue weighted by Crippen LogP contribution is -2.50. The summed E-state index contributed by atoms with van der Waals surface area (Å²) in [4.78, 5) is 4.16. The summed E-state index contributed by atoms with van der Waals surface area (Å²) < 4.78 is 43.4. The molecule has 1 fully saturated rings. The van der Waals surface area contributed by atoms with Gasteiger partial charge < -0.3 is 20.1 Å². The van der Waals surface area contributed by atoms with Crippen molar-refractivity contribution in [2.24, 2.45) is 0 Å². The Morgan fingerprint density at radius 2 is 1.69 bits per heavy atom. The normalized spacial score (nSPS) is 26.5. The Hall–Kier alpha value is -1.81. The third-order valence-electron chi connectivity index (χ3n) is 3.95. The van der Waals surface area contributed by atoms with Crippen molar-refractivity contribution in [1.82, 2.24) is 4.98 Å². The molecule has 1 aliphatic rings. The van der Waals surface area contributed by atoms with Gasteiger partial charge in [0.2, 0.25) is 0 Å². The van der Waals surface area contributed by atoms with E-state index in [-0.39, 0.29) is 5.75 Å². The van der Waals surface area contributed by atoms with Crippen LogP contribution in [-0.4, -0.2) is 49.8 Å². The zero-order chi connectivity index (χ0) is 18.9.